The van der Waals surface area contributed by atoms with E-state index in [-0.39, 0.29) is 35.4 Å². The second kappa shape index (κ2) is 13.4. The SMILES string of the molecule is COc1ccc([C@@H]2CN(C3CCC(OC)CC3)CC2C(=O)N2CC[C@@H](c3ccc(F)cc3N3CCC(C(=O)O)CC3)C2)cc1. The predicted octanol–water partition coefficient (Wildman–Crippen LogP) is 5.12. The molecule has 3 heterocycles. The van der Waals surface area contributed by atoms with E-state index in [2.05, 4.69) is 21.9 Å². The lowest BCUT2D eigenvalue weighted by atomic mass is 9.88. The number of amides is 1. The van der Waals surface area contributed by atoms with Gasteiger partial charge in [-0.25, -0.2) is 4.39 Å². The van der Waals surface area contributed by atoms with Crippen LogP contribution in [0, 0.1) is 17.7 Å². The van der Waals surface area contributed by atoms with Crippen LogP contribution in [0.25, 0.3) is 0 Å². The Hall–Kier alpha value is -3.17. The third kappa shape index (κ3) is 6.45. The second-order valence-electron chi connectivity index (χ2n) is 13.2. The minimum atomic E-state index is -0.754. The van der Waals surface area contributed by atoms with E-state index in [9.17, 15) is 19.1 Å². The van der Waals surface area contributed by atoms with Gasteiger partial charge in [-0.1, -0.05) is 18.2 Å². The van der Waals surface area contributed by atoms with Crippen molar-refractivity contribution in [3.05, 3.63) is 59.4 Å². The first kappa shape index (κ1) is 30.8. The molecule has 4 aliphatic rings. The molecule has 44 heavy (non-hydrogen) atoms. The summed E-state index contributed by atoms with van der Waals surface area (Å²) in [5.41, 5.74) is 3.09. The number of piperidine rings is 1. The van der Waals surface area contributed by atoms with E-state index in [1.165, 1.54) is 11.6 Å². The highest BCUT2D eigenvalue weighted by molar-refractivity contribution is 5.81. The van der Waals surface area contributed by atoms with Gasteiger partial charge in [-0.05, 0) is 80.3 Å². The minimum absolute atomic E-state index is 0.115. The number of halogens is 1. The lowest BCUT2D eigenvalue weighted by Gasteiger charge is -2.34. The maximum absolute atomic E-state index is 14.5. The summed E-state index contributed by atoms with van der Waals surface area (Å²) in [4.78, 5) is 32.5. The lowest BCUT2D eigenvalue weighted by Crippen LogP contribution is -2.40. The zero-order valence-corrected chi connectivity index (χ0v) is 26.0. The van der Waals surface area contributed by atoms with Crippen LogP contribution in [0.5, 0.6) is 5.75 Å². The summed E-state index contributed by atoms with van der Waals surface area (Å²) in [6, 6.07) is 13.7. The van der Waals surface area contributed by atoms with Crippen molar-refractivity contribution < 1.29 is 28.6 Å². The summed E-state index contributed by atoms with van der Waals surface area (Å²) in [6.07, 6.45) is 6.59. The van der Waals surface area contributed by atoms with Crippen molar-refractivity contribution in [3.8, 4) is 5.75 Å². The van der Waals surface area contributed by atoms with Crippen molar-refractivity contribution in [2.24, 2.45) is 11.8 Å². The van der Waals surface area contributed by atoms with Gasteiger partial charge in [0.05, 0.1) is 25.0 Å². The van der Waals surface area contributed by atoms with Crippen molar-refractivity contribution in [2.45, 2.75) is 68.9 Å². The molecule has 1 unspecified atom stereocenters. The first-order chi connectivity index (χ1) is 21.3. The molecule has 6 rings (SSSR count). The highest BCUT2D eigenvalue weighted by Gasteiger charge is 2.44. The van der Waals surface area contributed by atoms with E-state index in [4.69, 9.17) is 9.47 Å². The van der Waals surface area contributed by atoms with Crippen LogP contribution in [0.15, 0.2) is 42.5 Å². The number of nitrogens with zero attached hydrogens (tertiary/aromatic N) is 3. The monoisotopic (exact) mass is 607 g/mol. The van der Waals surface area contributed by atoms with Crippen LogP contribution in [0.3, 0.4) is 0 Å². The molecule has 4 fully saturated rings. The molecule has 0 spiro atoms. The molecule has 8 nitrogen and oxygen atoms in total. The average molecular weight is 608 g/mol. The Balaban J connectivity index is 1.18. The van der Waals surface area contributed by atoms with E-state index >= 15 is 0 Å². The summed E-state index contributed by atoms with van der Waals surface area (Å²) in [5.74, 6) is -0.246. The summed E-state index contributed by atoms with van der Waals surface area (Å²) in [5, 5.41) is 9.43. The topological polar surface area (TPSA) is 82.6 Å². The summed E-state index contributed by atoms with van der Waals surface area (Å²) < 4.78 is 25.5. The van der Waals surface area contributed by atoms with Gasteiger partial charge in [-0.2, -0.15) is 0 Å². The van der Waals surface area contributed by atoms with Crippen LogP contribution in [-0.4, -0.2) is 92.4 Å². The molecule has 238 valence electrons. The van der Waals surface area contributed by atoms with Crippen molar-refractivity contribution in [1.82, 2.24) is 9.80 Å². The Morgan fingerprint density at radius 2 is 1.59 bits per heavy atom. The Morgan fingerprint density at radius 1 is 0.864 bits per heavy atom. The molecule has 0 bridgehead atoms. The molecule has 1 saturated carbocycles. The summed E-state index contributed by atoms with van der Waals surface area (Å²) >= 11 is 0. The molecule has 1 N–H and O–H groups in total. The molecule has 3 saturated heterocycles. The molecule has 2 aromatic rings. The van der Waals surface area contributed by atoms with Crippen LogP contribution in [0.2, 0.25) is 0 Å². The number of likely N-dealkylation sites (tertiary alicyclic amines) is 2. The number of benzene rings is 2. The number of methoxy groups -OCH3 is 2. The zero-order valence-electron chi connectivity index (χ0n) is 26.0. The van der Waals surface area contributed by atoms with Crippen LogP contribution in [0.4, 0.5) is 10.1 Å². The van der Waals surface area contributed by atoms with Crippen LogP contribution >= 0.6 is 0 Å². The molecular weight excluding hydrogens is 561 g/mol. The number of ether oxygens (including phenoxy) is 2. The van der Waals surface area contributed by atoms with Crippen molar-refractivity contribution in [1.29, 1.82) is 0 Å². The van der Waals surface area contributed by atoms with Crippen molar-refractivity contribution >= 4 is 17.6 Å². The molecule has 0 radical (unpaired) electrons. The molecule has 9 heteroatoms. The van der Waals surface area contributed by atoms with Crippen LogP contribution < -0.4 is 9.64 Å². The Labute approximate surface area is 260 Å². The Morgan fingerprint density at radius 3 is 2.25 bits per heavy atom. The number of aliphatic carboxylic acids is 1. The minimum Gasteiger partial charge on any atom is -0.497 e. The first-order valence-electron chi connectivity index (χ1n) is 16.3. The van der Waals surface area contributed by atoms with E-state index in [1.54, 1.807) is 20.3 Å². The second-order valence-corrected chi connectivity index (χ2v) is 13.2. The fraction of sp³-hybridized carbons (Fsp3) is 0.600. The number of hydrogen-bond donors (Lipinski definition) is 1. The smallest absolute Gasteiger partial charge is 0.306 e. The van der Waals surface area contributed by atoms with E-state index in [0.29, 0.717) is 51.2 Å². The zero-order chi connectivity index (χ0) is 30.8. The van der Waals surface area contributed by atoms with Gasteiger partial charge in [0.1, 0.15) is 11.6 Å². The number of rotatable bonds is 8. The number of anilines is 1. The molecule has 1 aliphatic carbocycles. The van der Waals surface area contributed by atoms with Gasteiger partial charge in [0, 0.05) is 69.9 Å². The van der Waals surface area contributed by atoms with Crippen molar-refractivity contribution in [3.63, 3.8) is 0 Å². The van der Waals surface area contributed by atoms with Gasteiger partial charge in [0.25, 0.3) is 0 Å². The quantitative estimate of drug-likeness (QED) is 0.446. The maximum atomic E-state index is 14.5. The molecular formula is C35H46FN3O5. The fourth-order valence-corrected chi connectivity index (χ4v) is 8.17. The number of carbonyl (C=O) groups is 2. The molecule has 2 aromatic carbocycles. The van der Waals surface area contributed by atoms with Gasteiger partial charge < -0.3 is 24.4 Å². The maximum Gasteiger partial charge on any atom is 0.306 e. The fourth-order valence-electron chi connectivity index (χ4n) is 8.17. The Kier molecular flexibility index (Phi) is 9.42. The largest absolute Gasteiger partial charge is 0.497 e. The molecule has 3 aliphatic heterocycles. The van der Waals surface area contributed by atoms with Gasteiger partial charge in [0.15, 0.2) is 0 Å². The molecule has 3 atom stereocenters. The highest BCUT2D eigenvalue weighted by Crippen LogP contribution is 2.41. The number of hydrogen-bond acceptors (Lipinski definition) is 6. The highest BCUT2D eigenvalue weighted by atomic mass is 19.1. The summed E-state index contributed by atoms with van der Waals surface area (Å²) in [7, 11) is 3.47. The van der Waals surface area contributed by atoms with E-state index in [1.807, 2.05) is 23.1 Å². The van der Waals surface area contributed by atoms with Crippen molar-refractivity contribution in [2.75, 3.05) is 58.4 Å². The normalized spacial score (nSPS) is 28.4. The van der Waals surface area contributed by atoms with Gasteiger partial charge in [0.2, 0.25) is 5.91 Å². The third-order valence-electron chi connectivity index (χ3n) is 10.8. The Bertz CT molecular complexity index is 1310. The summed E-state index contributed by atoms with van der Waals surface area (Å²) in [6.45, 7) is 4.13. The van der Waals surface area contributed by atoms with Crippen LogP contribution in [-0.2, 0) is 14.3 Å². The van der Waals surface area contributed by atoms with Gasteiger partial charge in [-0.3, -0.25) is 14.5 Å². The van der Waals surface area contributed by atoms with Crippen LogP contribution in [0.1, 0.15) is 67.9 Å². The number of carboxylic acids is 1. The third-order valence-corrected chi connectivity index (χ3v) is 10.8. The standard InChI is InChI=1S/C35H46FN3O5/c1-43-28-8-3-23(4-9-28)31-21-39(27-6-10-29(44-2)11-7-27)22-32(31)34(40)38-18-15-25(20-38)30-12-5-26(36)19-33(30)37-16-13-24(14-17-37)35(41)42/h3-5,8-9,12,19,24-25,27,29,31-32H,6-7,10-11,13-18,20-22H2,1-2H3,(H,41,42)/t25-,27?,29?,31+,32?/m1/s1. The predicted molar refractivity (Wildman–Crippen MR) is 167 cm³/mol. The lowest BCUT2D eigenvalue weighted by molar-refractivity contribution is -0.142. The first-order valence-corrected chi connectivity index (χ1v) is 16.3. The van der Waals surface area contributed by atoms with E-state index in [0.717, 1.165) is 62.2 Å². The molecule has 1 amide bonds. The number of carbonyl (C=O) groups excluding carboxylic acids is 1. The van der Waals surface area contributed by atoms with Gasteiger partial charge in [-0.15, -0.1) is 0 Å². The molecule has 0 aromatic heterocycles. The number of carboxylic acid groups (broad SMARTS) is 1. The average Bonchev–Trinajstić information content (AvgIpc) is 3.73. The van der Waals surface area contributed by atoms with E-state index < -0.39 is 5.97 Å². The van der Waals surface area contributed by atoms with Gasteiger partial charge >= 0.3 is 5.97 Å².